The summed E-state index contributed by atoms with van der Waals surface area (Å²) in [6.07, 6.45) is 3.75. The van der Waals surface area contributed by atoms with Crippen molar-refractivity contribution >= 4 is 0 Å². The van der Waals surface area contributed by atoms with Crippen LogP contribution < -0.4 is 5.32 Å². The minimum atomic E-state index is 0.569. The van der Waals surface area contributed by atoms with Gasteiger partial charge in [0.2, 0.25) is 5.89 Å². The molecule has 0 aliphatic heterocycles. The lowest BCUT2D eigenvalue weighted by Crippen LogP contribution is -2.11. The summed E-state index contributed by atoms with van der Waals surface area (Å²) in [5.41, 5.74) is 0. The van der Waals surface area contributed by atoms with Gasteiger partial charge in [-0.15, -0.1) is 0 Å². The van der Waals surface area contributed by atoms with Crippen molar-refractivity contribution < 1.29 is 4.52 Å². The van der Waals surface area contributed by atoms with Crippen LogP contribution in [0.5, 0.6) is 0 Å². The Morgan fingerprint density at radius 3 is 3.00 bits per heavy atom. The topological polar surface area (TPSA) is 51.0 Å². The maximum atomic E-state index is 5.04. The molecule has 1 fully saturated rings. The van der Waals surface area contributed by atoms with Gasteiger partial charge in [-0.1, -0.05) is 11.6 Å². The van der Waals surface area contributed by atoms with Gasteiger partial charge in [-0.05, 0) is 19.9 Å². The van der Waals surface area contributed by atoms with Crippen LogP contribution in [-0.2, 0) is 6.54 Å². The Kier molecular flexibility index (Phi) is 2.08. The molecule has 4 heteroatoms. The predicted molar refractivity (Wildman–Crippen MR) is 43.7 cm³/mol. The van der Waals surface area contributed by atoms with Gasteiger partial charge in [-0.3, -0.25) is 0 Å². The van der Waals surface area contributed by atoms with Gasteiger partial charge in [-0.25, -0.2) is 0 Å². The van der Waals surface area contributed by atoms with E-state index >= 15 is 0 Å². The van der Waals surface area contributed by atoms with E-state index in [0.717, 1.165) is 5.82 Å². The highest BCUT2D eigenvalue weighted by Gasteiger charge is 2.24. The van der Waals surface area contributed by atoms with Crippen molar-refractivity contribution in [3.05, 3.63) is 11.7 Å². The van der Waals surface area contributed by atoms with Crippen molar-refractivity contribution in [3.63, 3.8) is 0 Å². The third-order valence-corrected chi connectivity index (χ3v) is 2.28. The molecule has 0 amide bonds. The second-order valence-electron chi connectivity index (χ2n) is 3.20. The summed E-state index contributed by atoms with van der Waals surface area (Å²) in [5, 5.41) is 6.91. The van der Waals surface area contributed by atoms with Crippen molar-refractivity contribution in [3.8, 4) is 0 Å². The van der Waals surface area contributed by atoms with Crippen LogP contribution in [0.3, 0.4) is 0 Å². The van der Waals surface area contributed by atoms with Crippen LogP contribution in [-0.4, -0.2) is 17.2 Å². The molecule has 1 heterocycles. The molecule has 1 aromatic rings. The summed E-state index contributed by atoms with van der Waals surface area (Å²) >= 11 is 0. The van der Waals surface area contributed by atoms with Crippen molar-refractivity contribution in [1.82, 2.24) is 15.5 Å². The molecule has 1 N–H and O–H groups in total. The van der Waals surface area contributed by atoms with Gasteiger partial charge in [0.25, 0.3) is 0 Å². The molecule has 0 spiro atoms. The highest BCUT2D eigenvalue weighted by Crippen LogP contribution is 2.34. The van der Waals surface area contributed by atoms with E-state index in [1.54, 1.807) is 0 Å². The quantitative estimate of drug-likeness (QED) is 0.731. The number of nitrogens with zero attached hydrogens (tertiary/aromatic N) is 2. The highest BCUT2D eigenvalue weighted by molar-refractivity contribution is 4.99. The van der Waals surface area contributed by atoms with Crippen LogP contribution in [0.25, 0.3) is 0 Å². The molecule has 0 aromatic carbocycles. The maximum Gasteiger partial charge on any atom is 0.240 e. The molecule has 0 atom stereocenters. The first-order valence-electron chi connectivity index (χ1n) is 4.37. The summed E-state index contributed by atoms with van der Waals surface area (Å²) in [6.45, 7) is 0.666. The molecule has 66 valence electrons. The van der Waals surface area contributed by atoms with Crippen LogP contribution in [0.4, 0.5) is 0 Å². The van der Waals surface area contributed by atoms with Crippen molar-refractivity contribution in [2.45, 2.75) is 31.7 Å². The second kappa shape index (κ2) is 3.23. The smallest absolute Gasteiger partial charge is 0.240 e. The molecular weight excluding hydrogens is 154 g/mol. The van der Waals surface area contributed by atoms with Crippen LogP contribution in [0.2, 0.25) is 0 Å². The first-order chi connectivity index (χ1) is 5.90. The molecule has 1 aliphatic carbocycles. The summed E-state index contributed by atoms with van der Waals surface area (Å²) < 4.78 is 5.04. The zero-order chi connectivity index (χ0) is 8.39. The minimum Gasteiger partial charge on any atom is -0.338 e. The van der Waals surface area contributed by atoms with E-state index in [2.05, 4.69) is 15.5 Å². The zero-order valence-electron chi connectivity index (χ0n) is 7.21. The molecule has 0 saturated heterocycles. The van der Waals surface area contributed by atoms with E-state index in [1.807, 2.05) is 7.05 Å². The van der Waals surface area contributed by atoms with Crippen molar-refractivity contribution in [2.75, 3.05) is 7.05 Å². The zero-order valence-corrected chi connectivity index (χ0v) is 7.21. The Bertz CT molecular complexity index is 255. The third-order valence-electron chi connectivity index (χ3n) is 2.28. The summed E-state index contributed by atoms with van der Waals surface area (Å²) in [7, 11) is 1.87. The average molecular weight is 167 g/mol. The van der Waals surface area contributed by atoms with Crippen LogP contribution >= 0.6 is 0 Å². The van der Waals surface area contributed by atoms with Gasteiger partial charge >= 0.3 is 0 Å². The summed E-state index contributed by atoms with van der Waals surface area (Å²) in [4.78, 5) is 4.28. The summed E-state index contributed by atoms with van der Waals surface area (Å²) in [5.74, 6) is 2.16. The fourth-order valence-electron chi connectivity index (χ4n) is 1.32. The number of hydrogen-bond acceptors (Lipinski definition) is 4. The highest BCUT2D eigenvalue weighted by atomic mass is 16.5. The van der Waals surface area contributed by atoms with Crippen LogP contribution in [0.15, 0.2) is 4.52 Å². The molecule has 12 heavy (non-hydrogen) atoms. The normalized spacial score (nSPS) is 17.8. The molecule has 2 rings (SSSR count). The molecule has 4 nitrogen and oxygen atoms in total. The van der Waals surface area contributed by atoms with Gasteiger partial charge in [-0.2, -0.15) is 4.98 Å². The van der Waals surface area contributed by atoms with E-state index in [1.165, 1.54) is 19.3 Å². The van der Waals surface area contributed by atoms with E-state index in [9.17, 15) is 0 Å². The van der Waals surface area contributed by atoms with E-state index in [0.29, 0.717) is 18.4 Å². The standard InChI is InChI=1S/C8H13N3O/c1-9-5-7-10-8(11-12-7)6-3-2-4-6/h6,9H,2-5H2,1H3. The van der Waals surface area contributed by atoms with Crippen molar-refractivity contribution in [2.24, 2.45) is 0 Å². The Labute approximate surface area is 71.4 Å². The monoisotopic (exact) mass is 167 g/mol. The Balaban J connectivity index is 2.02. The van der Waals surface area contributed by atoms with E-state index in [-0.39, 0.29) is 0 Å². The van der Waals surface area contributed by atoms with Crippen LogP contribution in [0.1, 0.15) is 36.9 Å². The molecule has 0 radical (unpaired) electrons. The van der Waals surface area contributed by atoms with Gasteiger partial charge in [0.1, 0.15) is 0 Å². The second-order valence-corrected chi connectivity index (χ2v) is 3.20. The molecule has 0 unspecified atom stereocenters. The molecular formula is C8H13N3O. The van der Waals surface area contributed by atoms with E-state index in [4.69, 9.17) is 4.52 Å². The maximum absolute atomic E-state index is 5.04. The van der Waals surface area contributed by atoms with Gasteiger partial charge in [0.05, 0.1) is 6.54 Å². The van der Waals surface area contributed by atoms with Gasteiger partial charge in [0.15, 0.2) is 5.82 Å². The predicted octanol–water partition coefficient (Wildman–Crippen LogP) is 1.06. The Morgan fingerprint density at radius 2 is 2.42 bits per heavy atom. The van der Waals surface area contributed by atoms with Gasteiger partial charge in [0, 0.05) is 5.92 Å². The first kappa shape index (κ1) is 7.73. The molecule has 1 saturated carbocycles. The first-order valence-corrected chi connectivity index (χ1v) is 4.37. The molecule has 0 bridgehead atoms. The Morgan fingerprint density at radius 1 is 1.58 bits per heavy atom. The average Bonchev–Trinajstić information content (AvgIpc) is 2.34. The fourth-order valence-corrected chi connectivity index (χ4v) is 1.32. The molecule has 1 aliphatic rings. The largest absolute Gasteiger partial charge is 0.338 e. The number of hydrogen-bond donors (Lipinski definition) is 1. The fraction of sp³-hybridized carbons (Fsp3) is 0.750. The third kappa shape index (κ3) is 1.34. The Hall–Kier alpha value is -0.900. The summed E-state index contributed by atoms with van der Waals surface area (Å²) in [6, 6.07) is 0. The SMILES string of the molecule is CNCc1nc(C2CCC2)no1. The van der Waals surface area contributed by atoms with E-state index < -0.39 is 0 Å². The lowest BCUT2D eigenvalue weighted by molar-refractivity contribution is 0.344. The lowest BCUT2D eigenvalue weighted by atomic mass is 9.85. The lowest BCUT2D eigenvalue weighted by Gasteiger charge is -2.20. The van der Waals surface area contributed by atoms with Gasteiger partial charge < -0.3 is 9.84 Å². The molecule has 1 aromatic heterocycles. The number of nitrogens with one attached hydrogen (secondary N) is 1. The number of rotatable bonds is 3. The van der Waals surface area contributed by atoms with Crippen molar-refractivity contribution in [1.29, 1.82) is 0 Å². The minimum absolute atomic E-state index is 0.569. The van der Waals surface area contributed by atoms with Crippen LogP contribution in [0, 0.1) is 0 Å². The number of aromatic nitrogens is 2.